The lowest BCUT2D eigenvalue weighted by molar-refractivity contribution is -0.133. The molecule has 0 unspecified atom stereocenters. The van der Waals surface area contributed by atoms with Crippen molar-refractivity contribution in [1.82, 2.24) is 25.1 Å². The fourth-order valence-corrected chi connectivity index (χ4v) is 4.08. The summed E-state index contributed by atoms with van der Waals surface area (Å²) < 4.78 is 0. The molecular formula is C20H23ClN6O2. The van der Waals surface area contributed by atoms with Gasteiger partial charge < -0.3 is 10.2 Å². The van der Waals surface area contributed by atoms with E-state index in [2.05, 4.69) is 25.1 Å². The van der Waals surface area contributed by atoms with Gasteiger partial charge in [0.1, 0.15) is 5.54 Å². The molecule has 29 heavy (non-hydrogen) atoms. The number of aromatic nitrogens is 2. The third-order valence-electron chi connectivity index (χ3n) is 5.57. The van der Waals surface area contributed by atoms with Crippen molar-refractivity contribution >= 4 is 29.5 Å². The maximum atomic E-state index is 13.3. The molecule has 2 saturated heterocycles. The van der Waals surface area contributed by atoms with Crippen molar-refractivity contribution in [2.24, 2.45) is 0 Å². The van der Waals surface area contributed by atoms with E-state index in [0.717, 1.165) is 13.1 Å². The number of hydrogen-bond donors (Lipinski definition) is 1. The number of carbonyl (C=O) groups is 2. The predicted molar refractivity (Wildman–Crippen MR) is 109 cm³/mol. The van der Waals surface area contributed by atoms with E-state index in [1.54, 1.807) is 36.7 Å². The van der Waals surface area contributed by atoms with Crippen molar-refractivity contribution in [2.45, 2.75) is 18.9 Å². The minimum atomic E-state index is -1.07. The molecule has 0 saturated carbocycles. The second kappa shape index (κ2) is 7.96. The van der Waals surface area contributed by atoms with Crippen LogP contribution in [0.2, 0.25) is 5.02 Å². The molecular weight excluding hydrogens is 392 g/mol. The quantitative estimate of drug-likeness (QED) is 0.754. The molecule has 2 fully saturated rings. The third kappa shape index (κ3) is 3.65. The number of urea groups is 1. The SMILES string of the molecule is CC[C@@]1(c2cccc(Cl)c2)NC(=O)N(CN2CCN(c3ncccn3)CC2)C1=O. The van der Waals surface area contributed by atoms with Crippen molar-refractivity contribution in [3.8, 4) is 0 Å². The second-order valence-corrected chi connectivity index (χ2v) is 7.66. The standard InChI is InChI=1S/C20H23ClN6O2/c1-2-20(15-5-3-6-16(21)13-15)17(28)27(19(29)24-20)14-25-9-11-26(12-10-25)18-22-7-4-8-23-18/h3-8,13H,2,9-12,14H2,1H3,(H,24,29)/t20-/m0/s1. The van der Waals surface area contributed by atoms with Crippen molar-refractivity contribution in [3.63, 3.8) is 0 Å². The van der Waals surface area contributed by atoms with Crippen LogP contribution in [0, 0.1) is 0 Å². The van der Waals surface area contributed by atoms with Crippen LogP contribution in [0.15, 0.2) is 42.7 Å². The van der Waals surface area contributed by atoms with Gasteiger partial charge in [-0.15, -0.1) is 0 Å². The lowest BCUT2D eigenvalue weighted by Gasteiger charge is -2.36. The summed E-state index contributed by atoms with van der Waals surface area (Å²) in [4.78, 5) is 40.0. The number of carbonyl (C=O) groups excluding carboxylic acids is 2. The summed E-state index contributed by atoms with van der Waals surface area (Å²) in [5.74, 6) is 0.467. The van der Waals surface area contributed by atoms with Gasteiger partial charge in [0.25, 0.3) is 5.91 Å². The van der Waals surface area contributed by atoms with Crippen molar-refractivity contribution in [1.29, 1.82) is 0 Å². The van der Waals surface area contributed by atoms with Crippen LogP contribution in [0.4, 0.5) is 10.7 Å². The Kier molecular flexibility index (Phi) is 5.38. The number of amides is 3. The van der Waals surface area contributed by atoms with Gasteiger partial charge in [0.15, 0.2) is 0 Å². The highest BCUT2D eigenvalue weighted by Gasteiger charge is 2.51. The van der Waals surface area contributed by atoms with Gasteiger partial charge in [0, 0.05) is 43.6 Å². The zero-order valence-corrected chi connectivity index (χ0v) is 17.0. The fraction of sp³-hybridized carbons (Fsp3) is 0.400. The van der Waals surface area contributed by atoms with Crippen LogP contribution in [-0.4, -0.2) is 64.6 Å². The second-order valence-electron chi connectivity index (χ2n) is 7.23. The number of imide groups is 1. The molecule has 4 rings (SSSR count). The molecule has 3 amide bonds. The lowest BCUT2D eigenvalue weighted by Crippen LogP contribution is -2.52. The topological polar surface area (TPSA) is 81.7 Å². The Morgan fingerprint density at radius 1 is 1.10 bits per heavy atom. The molecule has 2 aliphatic heterocycles. The molecule has 0 bridgehead atoms. The molecule has 8 nitrogen and oxygen atoms in total. The van der Waals surface area contributed by atoms with Crippen LogP contribution in [0.5, 0.6) is 0 Å². The average molecular weight is 415 g/mol. The van der Waals surface area contributed by atoms with Crippen molar-refractivity contribution < 1.29 is 9.59 Å². The van der Waals surface area contributed by atoms with Crippen LogP contribution in [-0.2, 0) is 10.3 Å². The van der Waals surface area contributed by atoms with Gasteiger partial charge in [0.2, 0.25) is 5.95 Å². The third-order valence-corrected chi connectivity index (χ3v) is 5.81. The molecule has 1 atom stereocenters. The summed E-state index contributed by atoms with van der Waals surface area (Å²) >= 11 is 6.12. The van der Waals surface area contributed by atoms with E-state index < -0.39 is 5.54 Å². The van der Waals surface area contributed by atoms with Crippen molar-refractivity contribution in [3.05, 3.63) is 53.3 Å². The summed E-state index contributed by atoms with van der Waals surface area (Å²) in [6.45, 7) is 5.05. The van der Waals surface area contributed by atoms with E-state index in [1.165, 1.54) is 4.90 Å². The number of nitrogens with one attached hydrogen (secondary N) is 1. The van der Waals surface area contributed by atoms with Crippen LogP contribution >= 0.6 is 11.6 Å². The Balaban J connectivity index is 1.45. The van der Waals surface area contributed by atoms with Gasteiger partial charge >= 0.3 is 6.03 Å². The van der Waals surface area contributed by atoms with E-state index in [4.69, 9.17) is 11.6 Å². The van der Waals surface area contributed by atoms with E-state index in [9.17, 15) is 9.59 Å². The number of anilines is 1. The molecule has 0 spiro atoms. The minimum Gasteiger partial charge on any atom is -0.338 e. The first-order valence-corrected chi connectivity index (χ1v) is 10.1. The van der Waals surface area contributed by atoms with Crippen LogP contribution in [0.1, 0.15) is 18.9 Å². The van der Waals surface area contributed by atoms with E-state index in [0.29, 0.717) is 36.0 Å². The number of halogens is 1. The van der Waals surface area contributed by atoms with E-state index >= 15 is 0 Å². The van der Waals surface area contributed by atoms with Crippen LogP contribution < -0.4 is 10.2 Å². The Hall–Kier alpha value is -2.71. The zero-order valence-electron chi connectivity index (χ0n) is 16.2. The summed E-state index contributed by atoms with van der Waals surface area (Å²) in [5.41, 5.74) is -0.360. The fourth-order valence-electron chi connectivity index (χ4n) is 3.89. The van der Waals surface area contributed by atoms with Crippen molar-refractivity contribution in [2.75, 3.05) is 37.7 Å². The molecule has 2 aromatic rings. The summed E-state index contributed by atoms with van der Waals surface area (Å²) in [7, 11) is 0. The number of benzene rings is 1. The van der Waals surface area contributed by atoms with Gasteiger partial charge in [-0.05, 0) is 30.2 Å². The molecule has 1 aromatic carbocycles. The number of hydrogen-bond acceptors (Lipinski definition) is 6. The molecule has 152 valence electrons. The minimum absolute atomic E-state index is 0.235. The van der Waals surface area contributed by atoms with E-state index in [1.807, 2.05) is 13.0 Å². The Morgan fingerprint density at radius 3 is 2.48 bits per heavy atom. The van der Waals surface area contributed by atoms with Gasteiger partial charge in [-0.2, -0.15) is 0 Å². The van der Waals surface area contributed by atoms with Gasteiger partial charge in [-0.1, -0.05) is 30.7 Å². The summed E-state index contributed by atoms with van der Waals surface area (Å²) in [6.07, 6.45) is 3.90. The predicted octanol–water partition coefficient (Wildman–Crippen LogP) is 2.07. The largest absolute Gasteiger partial charge is 0.338 e. The average Bonchev–Trinajstić information content (AvgIpc) is 3.00. The molecule has 1 N–H and O–H groups in total. The lowest BCUT2D eigenvalue weighted by atomic mass is 9.87. The number of rotatable bonds is 5. The maximum Gasteiger partial charge on any atom is 0.326 e. The first-order chi connectivity index (χ1) is 14.0. The molecule has 3 heterocycles. The first-order valence-electron chi connectivity index (χ1n) is 9.68. The van der Waals surface area contributed by atoms with Crippen LogP contribution in [0.25, 0.3) is 0 Å². The van der Waals surface area contributed by atoms with Crippen LogP contribution in [0.3, 0.4) is 0 Å². The molecule has 2 aliphatic rings. The normalized spacial score (nSPS) is 22.8. The number of nitrogens with zero attached hydrogens (tertiary/aromatic N) is 5. The number of piperazine rings is 1. The molecule has 1 aromatic heterocycles. The van der Waals surface area contributed by atoms with E-state index in [-0.39, 0.29) is 18.6 Å². The Bertz CT molecular complexity index is 903. The van der Waals surface area contributed by atoms with Gasteiger partial charge in [-0.25, -0.2) is 19.7 Å². The van der Waals surface area contributed by atoms with Gasteiger partial charge in [-0.3, -0.25) is 9.69 Å². The molecule has 0 radical (unpaired) electrons. The highest BCUT2D eigenvalue weighted by atomic mass is 35.5. The monoisotopic (exact) mass is 414 g/mol. The smallest absolute Gasteiger partial charge is 0.326 e. The summed E-state index contributed by atoms with van der Waals surface area (Å²) in [5, 5.41) is 3.44. The Labute approximate surface area is 174 Å². The highest BCUT2D eigenvalue weighted by Crippen LogP contribution is 2.33. The highest BCUT2D eigenvalue weighted by molar-refractivity contribution is 6.30. The zero-order chi connectivity index (χ0) is 20.4. The molecule has 9 heteroatoms. The maximum absolute atomic E-state index is 13.3. The Morgan fingerprint density at radius 2 is 1.83 bits per heavy atom. The van der Waals surface area contributed by atoms with Gasteiger partial charge in [0.05, 0.1) is 6.67 Å². The summed E-state index contributed by atoms with van der Waals surface area (Å²) in [6, 6.07) is 8.54. The molecule has 0 aliphatic carbocycles. The first kappa shape index (κ1) is 19.6.